The lowest BCUT2D eigenvalue weighted by Gasteiger charge is -2.49. The Labute approximate surface area is 243 Å². The lowest BCUT2D eigenvalue weighted by atomic mass is 9.73. The number of ether oxygens (including phenoxy) is 3. The van der Waals surface area contributed by atoms with Crippen LogP contribution in [0.25, 0.3) is 0 Å². The highest BCUT2D eigenvalue weighted by molar-refractivity contribution is 5.94. The summed E-state index contributed by atoms with van der Waals surface area (Å²) in [6.07, 6.45) is 8.03. The molecule has 4 heterocycles. The Bertz CT molecular complexity index is 1170. The Morgan fingerprint density at radius 1 is 1.10 bits per heavy atom. The summed E-state index contributed by atoms with van der Waals surface area (Å²) in [6, 6.07) is 10.6. The number of methoxy groups -OCH3 is 1. The van der Waals surface area contributed by atoms with Gasteiger partial charge in [0.05, 0.1) is 32.3 Å². The molecule has 5 rings (SSSR count). The summed E-state index contributed by atoms with van der Waals surface area (Å²) < 4.78 is 17.4. The van der Waals surface area contributed by atoms with Crippen molar-refractivity contribution in [1.82, 2.24) is 4.90 Å². The molecule has 3 N–H and O–H groups in total. The number of rotatable bonds is 10. The average molecular weight is 568 g/mol. The van der Waals surface area contributed by atoms with E-state index in [9.17, 15) is 20.1 Å². The van der Waals surface area contributed by atoms with Crippen molar-refractivity contribution >= 4 is 5.97 Å². The molecule has 8 heteroatoms. The van der Waals surface area contributed by atoms with Crippen LogP contribution in [0.1, 0.15) is 57.9 Å². The number of carbonyl (C=O) groups is 1. The molecule has 0 aromatic heterocycles. The van der Waals surface area contributed by atoms with Gasteiger partial charge in [-0.2, -0.15) is 0 Å². The van der Waals surface area contributed by atoms with Gasteiger partial charge in [0.15, 0.2) is 11.5 Å². The van der Waals surface area contributed by atoms with E-state index in [1.54, 1.807) is 0 Å². The number of nitrogens with zero attached hydrogens (tertiary/aromatic N) is 1. The van der Waals surface area contributed by atoms with Gasteiger partial charge < -0.3 is 29.5 Å². The molecule has 0 bridgehead atoms. The maximum Gasteiger partial charge on any atom is 0.345 e. The Hall–Kier alpha value is -2.65. The second-order valence-corrected chi connectivity index (χ2v) is 12.4. The molecule has 1 aromatic rings. The summed E-state index contributed by atoms with van der Waals surface area (Å²) in [6.45, 7) is 4.55. The normalized spacial score (nSPS) is 30.9. The topological polar surface area (TPSA) is 109 Å². The Kier molecular flexibility index (Phi) is 9.54. The van der Waals surface area contributed by atoms with E-state index < -0.39 is 24.6 Å². The number of benzene rings is 1. The highest BCUT2D eigenvalue weighted by Crippen LogP contribution is 2.50. The van der Waals surface area contributed by atoms with E-state index in [2.05, 4.69) is 49.1 Å². The number of hydrogen-bond acceptors (Lipinski definition) is 8. The van der Waals surface area contributed by atoms with Crippen molar-refractivity contribution in [3.63, 3.8) is 0 Å². The van der Waals surface area contributed by atoms with E-state index in [0.717, 1.165) is 57.2 Å². The zero-order valence-electron chi connectivity index (χ0n) is 24.5. The van der Waals surface area contributed by atoms with Crippen molar-refractivity contribution < 1.29 is 34.3 Å². The van der Waals surface area contributed by atoms with Gasteiger partial charge in [-0.05, 0) is 55.6 Å². The predicted molar refractivity (Wildman–Crippen MR) is 154 cm³/mol. The van der Waals surface area contributed by atoms with E-state index in [-0.39, 0.29) is 41.7 Å². The molecule has 2 saturated heterocycles. The van der Waals surface area contributed by atoms with Crippen molar-refractivity contribution in [2.75, 3.05) is 26.9 Å². The van der Waals surface area contributed by atoms with E-state index >= 15 is 0 Å². The summed E-state index contributed by atoms with van der Waals surface area (Å²) in [7, 11) is 1.43. The highest BCUT2D eigenvalue weighted by atomic mass is 16.6. The summed E-state index contributed by atoms with van der Waals surface area (Å²) in [5, 5.41) is 32.1. The van der Waals surface area contributed by atoms with Crippen molar-refractivity contribution in [1.29, 1.82) is 0 Å². The van der Waals surface area contributed by atoms with Crippen LogP contribution < -0.4 is 0 Å². The second-order valence-electron chi connectivity index (χ2n) is 12.4. The number of fused-ring (bicyclic) bond motifs is 3. The van der Waals surface area contributed by atoms with Gasteiger partial charge in [0.1, 0.15) is 11.3 Å². The molecule has 0 unspecified atom stereocenters. The third-order valence-electron chi connectivity index (χ3n) is 9.27. The van der Waals surface area contributed by atoms with Crippen molar-refractivity contribution in [3.05, 3.63) is 70.6 Å². The van der Waals surface area contributed by atoms with Crippen LogP contribution in [0.3, 0.4) is 0 Å². The third-order valence-corrected chi connectivity index (χ3v) is 9.27. The number of aliphatic hydroxyl groups excluding tert-OH is 3. The van der Waals surface area contributed by atoms with Crippen LogP contribution in [-0.4, -0.2) is 71.2 Å². The minimum absolute atomic E-state index is 0.0122. The summed E-state index contributed by atoms with van der Waals surface area (Å²) in [5.74, 6) is 1.13. The first-order valence-corrected chi connectivity index (χ1v) is 15.2. The molecule has 0 amide bonds. The SMILES string of the molecule is COC1=C(CO)C(=O)OC1=C1OC2=CCCN3[C@H](C[C@H](Cc4ccccc4)C[C@@H]3[C@@H](O)CCCC(C)C)[C@H]2[C@@H]1CO. The first-order valence-electron chi connectivity index (χ1n) is 15.2. The van der Waals surface area contributed by atoms with Gasteiger partial charge in [-0.1, -0.05) is 57.0 Å². The Morgan fingerprint density at radius 3 is 2.56 bits per heavy atom. The van der Waals surface area contributed by atoms with Gasteiger partial charge in [-0.15, -0.1) is 0 Å². The lowest BCUT2D eigenvalue weighted by molar-refractivity contribution is -0.134. The monoisotopic (exact) mass is 567 g/mol. The van der Waals surface area contributed by atoms with Crippen LogP contribution >= 0.6 is 0 Å². The molecular formula is C33H45NO7. The largest absolute Gasteiger partial charge is 0.492 e. The van der Waals surface area contributed by atoms with Crippen LogP contribution in [0.2, 0.25) is 0 Å². The van der Waals surface area contributed by atoms with Crippen molar-refractivity contribution in [2.24, 2.45) is 23.7 Å². The van der Waals surface area contributed by atoms with Crippen LogP contribution in [0.15, 0.2) is 65.0 Å². The third kappa shape index (κ3) is 6.12. The van der Waals surface area contributed by atoms with Crippen LogP contribution in [0.5, 0.6) is 0 Å². The van der Waals surface area contributed by atoms with Crippen molar-refractivity contribution in [2.45, 2.75) is 77.0 Å². The van der Waals surface area contributed by atoms with E-state index in [1.165, 1.54) is 12.7 Å². The molecule has 1 aromatic carbocycles. The second kappa shape index (κ2) is 13.1. The summed E-state index contributed by atoms with van der Waals surface area (Å²) in [4.78, 5) is 14.9. The van der Waals surface area contributed by atoms with E-state index in [1.807, 2.05) is 6.07 Å². The first kappa shape index (κ1) is 29.8. The molecule has 224 valence electrons. The molecule has 6 atom stereocenters. The first-order chi connectivity index (χ1) is 19.9. The zero-order valence-corrected chi connectivity index (χ0v) is 24.5. The Balaban J connectivity index is 1.49. The fourth-order valence-corrected chi connectivity index (χ4v) is 7.38. The minimum Gasteiger partial charge on any atom is -0.492 e. The van der Waals surface area contributed by atoms with E-state index in [0.29, 0.717) is 17.6 Å². The molecule has 4 aliphatic heterocycles. The molecule has 0 radical (unpaired) electrons. The number of cyclic esters (lactones) is 1. The van der Waals surface area contributed by atoms with Gasteiger partial charge in [-0.3, -0.25) is 4.90 Å². The standard InChI is InChI=1S/C33H45NO7/c1-20(2)9-7-12-27(37)25-16-22(15-21-10-5-4-6-11-21)17-26-29-23(18-35)31(40-28(29)13-8-14-34(25)26)32-30(39-3)24(19-36)33(38)41-32/h4-6,10-11,13,20,22-23,25-27,29,35-37H,7-9,12,14-19H2,1-3H3/t22-,23+,25-,26-,27+,29-/m1/s1. The lowest BCUT2D eigenvalue weighted by Crippen LogP contribution is -2.57. The number of esters is 1. The molecule has 0 saturated carbocycles. The molecular weight excluding hydrogens is 522 g/mol. The van der Waals surface area contributed by atoms with Crippen LogP contribution in [-0.2, 0) is 25.4 Å². The number of hydrogen-bond donors (Lipinski definition) is 3. The fourth-order valence-electron chi connectivity index (χ4n) is 7.38. The number of carbonyl (C=O) groups excluding carboxylic acids is 1. The molecule has 0 aliphatic carbocycles. The predicted octanol–water partition coefficient (Wildman–Crippen LogP) is 4.07. The molecule has 8 nitrogen and oxygen atoms in total. The van der Waals surface area contributed by atoms with Gasteiger partial charge in [0, 0.05) is 24.5 Å². The summed E-state index contributed by atoms with van der Waals surface area (Å²) >= 11 is 0. The van der Waals surface area contributed by atoms with Gasteiger partial charge in [0.2, 0.25) is 5.76 Å². The highest BCUT2D eigenvalue weighted by Gasteiger charge is 2.52. The maximum atomic E-state index is 12.5. The quantitative estimate of drug-likeness (QED) is 0.363. The van der Waals surface area contributed by atoms with Gasteiger partial charge in [-0.25, -0.2) is 4.79 Å². The fraction of sp³-hybridized carbons (Fsp3) is 0.606. The zero-order chi connectivity index (χ0) is 29.1. The van der Waals surface area contributed by atoms with Crippen LogP contribution in [0.4, 0.5) is 0 Å². The van der Waals surface area contributed by atoms with Gasteiger partial charge >= 0.3 is 5.97 Å². The Morgan fingerprint density at radius 2 is 1.88 bits per heavy atom. The number of piperidine rings is 1. The van der Waals surface area contributed by atoms with Crippen LogP contribution in [0, 0.1) is 23.7 Å². The molecule has 41 heavy (non-hydrogen) atoms. The number of aliphatic hydroxyl groups is 3. The smallest absolute Gasteiger partial charge is 0.345 e. The molecule has 0 spiro atoms. The van der Waals surface area contributed by atoms with E-state index in [4.69, 9.17) is 14.2 Å². The minimum atomic E-state index is -0.667. The average Bonchev–Trinajstić information content (AvgIpc) is 3.43. The van der Waals surface area contributed by atoms with Gasteiger partial charge in [0.25, 0.3) is 0 Å². The maximum absolute atomic E-state index is 12.5. The van der Waals surface area contributed by atoms with Crippen molar-refractivity contribution in [3.8, 4) is 0 Å². The molecule has 2 fully saturated rings. The summed E-state index contributed by atoms with van der Waals surface area (Å²) in [5.41, 5.74) is 1.33. The molecule has 4 aliphatic rings.